The lowest BCUT2D eigenvalue weighted by Crippen LogP contribution is -2.39. The number of rotatable bonds is 3. The zero-order chi connectivity index (χ0) is 14.9. The van der Waals surface area contributed by atoms with Gasteiger partial charge in [-0.3, -0.25) is 4.79 Å². The van der Waals surface area contributed by atoms with Gasteiger partial charge in [0.1, 0.15) is 0 Å². The molecule has 0 radical (unpaired) electrons. The summed E-state index contributed by atoms with van der Waals surface area (Å²) in [7, 11) is 3.89. The van der Waals surface area contributed by atoms with E-state index < -0.39 is 0 Å². The molecule has 1 amide bonds. The van der Waals surface area contributed by atoms with Gasteiger partial charge < -0.3 is 15.5 Å². The fraction of sp³-hybridized carbons (Fsp3) is 0.562. The first-order valence-electron chi connectivity index (χ1n) is 7.35. The maximum atomic E-state index is 12.7. The van der Waals surface area contributed by atoms with Crippen LogP contribution in [0.15, 0.2) is 18.2 Å². The lowest BCUT2D eigenvalue weighted by atomic mass is 10.1. The van der Waals surface area contributed by atoms with E-state index >= 15 is 0 Å². The molecule has 0 aliphatic carbocycles. The summed E-state index contributed by atoms with van der Waals surface area (Å²) < 4.78 is 0. The highest BCUT2D eigenvalue weighted by Gasteiger charge is 2.33. The predicted octanol–water partition coefficient (Wildman–Crippen LogP) is 2.74. The van der Waals surface area contributed by atoms with Crippen molar-refractivity contribution in [1.29, 1.82) is 0 Å². The van der Waals surface area contributed by atoms with E-state index in [-0.39, 0.29) is 5.91 Å². The second-order valence-corrected chi connectivity index (χ2v) is 5.87. The van der Waals surface area contributed by atoms with Gasteiger partial charge in [-0.25, -0.2) is 0 Å². The maximum Gasteiger partial charge on any atom is 0.254 e. The number of hydrogen-bond donors (Lipinski definition) is 1. The average Bonchev–Trinajstić information content (AvgIpc) is 2.78. The lowest BCUT2D eigenvalue weighted by molar-refractivity contribution is 0.0676. The number of amides is 1. The third-order valence-electron chi connectivity index (χ3n) is 4.25. The molecule has 4 nitrogen and oxygen atoms in total. The van der Waals surface area contributed by atoms with Crippen LogP contribution in [0.2, 0.25) is 0 Å². The van der Waals surface area contributed by atoms with Gasteiger partial charge in [-0.2, -0.15) is 0 Å². The van der Waals surface area contributed by atoms with E-state index in [1.54, 1.807) is 6.07 Å². The minimum atomic E-state index is 0.110. The highest BCUT2D eigenvalue weighted by atomic mass is 16.2. The molecule has 1 aliphatic rings. The van der Waals surface area contributed by atoms with Gasteiger partial charge in [0.2, 0.25) is 0 Å². The monoisotopic (exact) mass is 275 g/mol. The molecule has 1 heterocycles. The first-order valence-corrected chi connectivity index (χ1v) is 7.35. The molecule has 1 aliphatic heterocycles. The summed E-state index contributed by atoms with van der Waals surface area (Å²) in [5, 5.41) is 0. The SMILES string of the molecule is CCC1CCC(C)N1C(=O)c1ccc(N(C)C)c(N)c1. The van der Waals surface area contributed by atoms with Gasteiger partial charge in [0.05, 0.1) is 11.4 Å². The Bertz CT molecular complexity index is 498. The number of carbonyl (C=O) groups excluding carboxylic acids is 1. The highest BCUT2D eigenvalue weighted by molar-refractivity contribution is 5.96. The Morgan fingerprint density at radius 3 is 2.65 bits per heavy atom. The largest absolute Gasteiger partial charge is 0.397 e. The number of nitrogens with two attached hydrogens (primary N) is 1. The van der Waals surface area contributed by atoms with Crippen LogP contribution in [0.3, 0.4) is 0 Å². The van der Waals surface area contributed by atoms with Gasteiger partial charge in [-0.1, -0.05) is 6.92 Å². The van der Waals surface area contributed by atoms with Crippen LogP contribution < -0.4 is 10.6 Å². The van der Waals surface area contributed by atoms with Crippen molar-refractivity contribution in [2.24, 2.45) is 0 Å². The molecule has 1 aromatic carbocycles. The van der Waals surface area contributed by atoms with Crippen LogP contribution in [-0.2, 0) is 0 Å². The van der Waals surface area contributed by atoms with Gasteiger partial charge in [-0.05, 0) is 44.4 Å². The number of carbonyl (C=O) groups is 1. The van der Waals surface area contributed by atoms with Crippen molar-refractivity contribution in [1.82, 2.24) is 4.90 Å². The number of benzene rings is 1. The van der Waals surface area contributed by atoms with Gasteiger partial charge in [-0.15, -0.1) is 0 Å². The number of nitrogen functional groups attached to an aromatic ring is 1. The molecule has 0 spiro atoms. The number of nitrogens with zero attached hydrogens (tertiary/aromatic N) is 2. The van der Waals surface area contributed by atoms with Crippen molar-refractivity contribution in [3.05, 3.63) is 23.8 Å². The molecule has 4 heteroatoms. The zero-order valence-corrected chi connectivity index (χ0v) is 12.9. The topological polar surface area (TPSA) is 49.6 Å². The molecule has 110 valence electrons. The molecule has 1 saturated heterocycles. The molecule has 0 aromatic heterocycles. The van der Waals surface area contributed by atoms with E-state index in [0.29, 0.717) is 23.3 Å². The second-order valence-electron chi connectivity index (χ2n) is 5.87. The third-order valence-corrected chi connectivity index (χ3v) is 4.25. The fourth-order valence-electron chi connectivity index (χ4n) is 3.08. The summed E-state index contributed by atoms with van der Waals surface area (Å²) in [4.78, 5) is 16.7. The molecule has 1 fully saturated rings. The van der Waals surface area contributed by atoms with Gasteiger partial charge in [0.15, 0.2) is 0 Å². The molecule has 1 aromatic rings. The second kappa shape index (κ2) is 5.73. The molecular formula is C16H25N3O. The van der Waals surface area contributed by atoms with Crippen LogP contribution in [0.1, 0.15) is 43.5 Å². The molecular weight excluding hydrogens is 250 g/mol. The summed E-state index contributed by atoms with van der Waals surface area (Å²) in [6.07, 6.45) is 3.21. The van der Waals surface area contributed by atoms with E-state index in [4.69, 9.17) is 5.73 Å². The quantitative estimate of drug-likeness (QED) is 0.863. The summed E-state index contributed by atoms with van der Waals surface area (Å²) in [6.45, 7) is 4.28. The Morgan fingerprint density at radius 2 is 2.10 bits per heavy atom. The summed E-state index contributed by atoms with van der Waals surface area (Å²) >= 11 is 0. The Labute approximate surface area is 121 Å². The summed E-state index contributed by atoms with van der Waals surface area (Å²) in [6, 6.07) is 6.29. The Kier molecular flexibility index (Phi) is 4.21. The Hall–Kier alpha value is -1.71. The predicted molar refractivity (Wildman–Crippen MR) is 84.1 cm³/mol. The smallest absolute Gasteiger partial charge is 0.254 e. The van der Waals surface area contributed by atoms with Crippen LogP contribution in [-0.4, -0.2) is 37.0 Å². The van der Waals surface area contributed by atoms with Gasteiger partial charge in [0.25, 0.3) is 5.91 Å². The normalized spacial score (nSPS) is 22.1. The van der Waals surface area contributed by atoms with Crippen LogP contribution in [0.4, 0.5) is 11.4 Å². The number of anilines is 2. The fourth-order valence-corrected chi connectivity index (χ4v) is 3.08. The molecule has 2 rings (SSSR count). The van der Waals surface area contributed by atoms with E-state index in [0.717, 1.165) is 24.9 Å². The molecule has 0 bridgehead atoms. The van der Waals surface area contributed by atoms with Crippen molar-refractivity contribution >= 4 is 17.3 Å². The first-order chi connectivity index (χ1) is 9.45. The standard InChI is InChI=1S/C16H25N3O/c1-5-13-8-6-11(2)19(13)16(20)12-7-9-15(18(3)4)14(17)10-12/h7,9-11,13H,5-6,8,17H2,1-4H3. The minimum absolute atomic E-state index is 0.110. The lowest BCUT2D eigenvalue weighted by Gasteiger charge is -2.28. The van der Waals surface area contributed by atoms with Crippen molar-refractivity contribution in [2.45, 2.75) is 45.2 Å². The van der Waals surface area contributed by atoms with Gasteiger partial charge in [0, 0.05) is 31.7 Å². The van der Waals surface area contributed by atoms with E-state index in [2.05, 4.69) is 13.8 Å². The molecule has 0 saturated carbocycles. The number of hydrogen-bond acceptors (Lipinski definition) is 3. The van der Waals surface area contributed by atoms with Crippen molar-refractivity contribution in [3.8, 4) is 0 Å². The molecule has 20 heavy (non-hydrogen) atoms. The maximum absolute atomic E-state index is 12.7. The van der Waals surface area contributed by atoms with Crippen LogP contribution in [0.5, 0.6) is 0 Å². The zero-order valence-electron chi connectivity index (χ0n) is 12.9. The van der Waals surface area contributed by atoms with Crippen molar-refractivity contribution < 1.29 is 4.79 Å². The number of likely N-dealkylation sites (tertiary alicyclic amines) is 1. The highest BCUT2D eigenvalue weighted by Crippen LogP contribution is 2.29. The average molecular weight is 275 g/mol. The van der Waals surface area contributed by atoms with Crippen LogP contribution in [0.25, 0.3) is 0 Å². The Morgan fingerprint density at radius 1 is 1.40 bits per heavy atom. The molecule has 2 unspecified atom stereocenters. The first kappa shape index (κ1) is 14.7. The van der Waals surface area contributed by atoms with Crippen LogP contribution >= 0.6 is 0 Å². The van der Waals surface area contributed by atoms with Gasteiger partial charge >= 0.3 is 0 Å². The Balaban J connectivity index is 2.27. The van der Waals surface area contributed by atoms with Crippen molar-refractivity contribution in [2.75, 3.05) is 24.7 Å². The van der Waals surface area contributed by atoms with E-state index in [1.807, 2.05) is 36.0 Å². The minimum Gasteiger partial charge on any atom is -0.397 e. The van der Waals surface area contributed by atoms with Crippen molar-refractivity contribution in [3.63, 3.8) is 0 Å². The summed E-state index contributed by atoms with van der Waals surface area (Å²) in [5.74, 6) is 0.110. The van der Waals surface area contributed by atoms with E-state index in [1.165, 1.54) is 0 Å². The molecule has 2 N–H and O–H groups in total. The summed E-state index contributed by atoms with van der Waals surface area (Å²) in [5.41, 5.74) is 8.34. The third kappa shape index (κ3) is 2.60. The molecule has 2 atom stereocenters. The van der Waals surface area contributed by atoms with E-state index in [9.17, 15) is 4.79 Å². The van der Waals surface area contributed by atoms with Crippen LogP contribution in [0, 0.1) is 0 Å².